The molecular weight excluding hydrogens is 470 g/mol. The van der Waals surface area contributed by atoms with Gasteiger partial charge in [-0.2, -0.15) is 0 Å². The van der Waals surface area contributed by atoms with Crippen molar-refractivity contribution in [3.05, 3.63) is 109 Å². The second-order valence-electron chi connectivity index (χ2n) is 7.46. The van der Waals surface area contributed by atoms with Gasteiger partial charge in [0.05, 0.1) is 5.30 Å². The Bertz CT molecular complexity index is 1290. The highest BCUT2D eigenvalue weighted by Gasteiger charge is 2.32. The van der Waals surface area contributed by atoms with Crippen LogP contribution in [0, 0.1) is 0 Å². The number of hydrogen-bond donors (Lipinski definition) is 2. The Morgan fingerprint density at radius 1 is 0.529 bits per heavy atom. The summed E-state index contributed by atoms with van der Waals surface area (Å²) in [5, 5.41) is 1.80. The molecule has 34 heavy (non-hydrogen) atoms. The van der Waals surface area contributed by atoms with E-state index in [-0.39, 0.29) is 24.3 Å². The molecule has 0 aliphatic heterocycles. The lowest BCUT2D eigenvalue weighted by Gasteiger charge is -2.22. The van der Waals surface area contributed by atoms with Crippen molar-refractivity contribution >= 4 is 36.0 Å². The molecule has 4 rings (SSSR count). The zero-order valence-electron chi connectivity index (χ0n) is 18.2. The Hall–Kier alpha value is -3.14. The van der Waals surface area contributed by atoms with Gasteiger partial charge in [-0.15, -0.1) is 0 Å². The number of rotatable bonds is 9. The summed E-state index contributed by atoms with van der Waals surface area (Å²) in [5.74, 6) is 0.567. The summed E-state index contributed by atoms with van der Waals surface area (Å²) in [6.07, 6.45) is 0. The fourth-order valence-corrected chi connectivity index (χ4v) is 7.16. The minimum absolute atomic E-state index is 0.0479. The molecular formula is C26H24O6P2. The Labute approximate surface area is 198 Å². The van der Waals surface area contributed by atoms with E-state index < -0.39 is 14.7 Å². The van der Waals surface area contributed by atoms with Gasteiger partial charge in [0.2, 0.25) is 0 Å². The lowest BCUT2D eigenvalue weighted by molar-refractivity contribution is 0.219. The van der Waals surface area contributed by atoms with Gasteiger partial charge in [0.15, 0.2) is 7.14 Å². The van der Waals surface area contributed by atoms with Gasteiger partial charge < -0.3 is 23.8 Å². The lowest BCUT2D eigenvalue weighted by Crippen LogP contribution is -2.27. The van der Waals surface area contributed by atoms with Crippen molar-refractivity contribution in [3.8, 4) is 11.5 Å². The van der Waals surface area contributed by atoms with E-state index in [1.807, 2.05) is 72.8 Å². The van der Waals surface area contributed by atoms with E-state index in [0.717, 1.165) is 0 Å². The van der Waals surface area contributed by atoms with Crippen molar-refractivity contribution < 1.29 is 28.4 Å². The van der Waals surface area contributed by atoms with Gasteiger partial charge in [-0.05, 0) is 24.3 Å². The van der Waals surface area contributed by atoms with Crippen LogP contribution in [0.3, 0.4) is 0 Å². The summed E-state index contributed by atoms with van der Waals surface area (Å²) in [6, 6.07) is 31.8. The second kappa shape index (κ2) is 10.4. The summed E-state index contributed by atoms with van der Waals surface area (Å²) in [6.45, 7) is 0.141. The summed E-state index contributed by atoms with van der Waals surface area (Å²) < 4.78 is 37.9. The van der Waals surface area contributed by atoms with Crippen LogP contribution in [0.1, 0.15) is 0 Å². The molecule has 0 spiro atoms. The maximum Gasteiger partial charge on any atom is 0.359 e. The van der Waals surface area contributed by atoms with E-state index in [9.17, 15) is 18.9 Å². The quantitative estimate of drug-likeness (QED) is 0.273. The van der Waals surface area contributed by atoms with Crippen molar-refractivity contribution in [1.82, 2.24) is 0 Å². The van der Waals surface area contributed by atoms with Gasteiger partial charge in [-0.1, -0.05) is 84.9 Å². The summed E-state index contributed by atoms with van der Waals surface area (Å²) in [7, 11) is -7.68. The molecule has 0 aliphatic rings. The van der Waals surface area contributed by atoms with E-state index in [4.69, 9.17) is 9.47 Å². The molecule has 0 heterocycles. The average molecular weight is 494 g/mol. The van der Waals surface area contributed by atoms with Gasteiger partial charge in [0.25, 0.3) is 0 Å². The first kappa shape index (κ1) is 24.0. The van der Waals surface area contributed by atoms with Crippen molar-refractivity contribution in [2.24, 2.45) is 0 Å². The van der Waals surface area contributed by atoms with Crippen LogP contribution in [-0.4, -0.2) is 23.0 Å². The van der Waals surface area contributed by atoms with Crippen LogP contribution in [0.15, 0.2) is 109 Å². The topological polar surface area (TPSA) is 93.1 Å². The third-order valence-electron chi connectivity index (χ3n) is 5.22. The fraction of sp³-hybridized carbons (Fsp3) is 0.0769. The highest BCUT2D eigenvalue weighted by atomic mass is 31.2. The van der Waals surface area contributed by atoms with Crippen LogP contribution in [0.25, 0.3) is 0 Å². The molecule has 0 aliphatic carbocycles. The van der Waals surface area contributed by atoms with Gasteiger partial charge in [0.1, 0.15) is 30.0 Å². The molecule has 2 N–H and O–H groups in total. The van der Waals surface area contributed by atoms with E-state index in [1.54, 1.807) is 24.3 Å². The highest BCUT2D eigenvalue weighted by molar-refractivity contribution is 7.85. The molecule has 0 saturated carbocycles. The molecule has 0 radical (unpaired) electrons. The second-order valence-corrected chi connectivity index (χ2v) is 11.8. The van der Waals surface area contributed by atoms with Crippen LogP contribution in [-0.2, 0) is 9.13 Å². The monoisotopic (exact) mass is 494 g/mol. The standard InChI is InChI=1S/C26H24O6P2/c27-33(21-11-3-1-4-12-21,22-13-5-2-6-14-22)25-17-9-7-15-23(25)31-19-20-32-24-16-8-10-18-26(24)34(28,29)30/h1-18H,19-20H2,(H2,28,29,30). The average Bonchev–Trinajstić information content (AvgIpc) is 2.87. The molecule has 0 fully saturated rings. The van der Waals surface area contributed by atoms with Crippen LogP contribution < -0.4 is 30.7 Å². The van der Waals surface area contributed by atoms with Gasteiger partial charge in [-0.3, -0.25) is 4.57 Å². The molecule has 0 atom stereocenters. The largest absolute Gasteiger partial charge is 0.489 e. The van der Waals surface area contributed by atoms with Gasteiger partial charge >= 0.3 is 7.60 Å². The molecule has 174 valence electrons. The van der Waals surface area contributed by atoms with Crippen LogP contribution in [0.2, 0.25) is 0 Å². The zero-order chi connectivity index (χ0) is 24.0. The molecule has 0 saturated heterocycles. The SMILES string of the molecule is O=P(O)(O)c1ccccc1OCCOc1ccccc1P(=O)(c1ccccc1)c1ccccc1. The number of hydrogen-bond acceptors (Lipinski definition) is 4. The Kier molecular flexibility index (Phi) is 7.35. The first-order valence-electron chi connectivity index (χ1n) is 10.6. The summed E-state index contributed by atoms with van der Waals surface area (Å²) in [5.41, 5.74) is 0. The fourth-order valence-electron chi connectivity index (χ4n) is 3.67. The first-order chi connectivity index (χ1) is 16.4. The Morgan fingerprint density at radius 2 is 0.912 bits per heavy atom. The van der Waals surface area contributed by atoms with E-state index in [1.165, 1.54) is 12.1 Å². The van der Waals surface area contributed by atoms with Gasteiger partial charge in [-0.25, -0.2) is 0 Å². The Morgan fingerprint density at radius 3 is 1.38 bits per heavy atom. The normalized spacial score (nSPS) is 11.7. The van der Waals surface area contributed by atoms with Crippen molar-refractivity contribution in [2.75, 3.05) is 13.2 Å². The number of benzene rings is 4. The van der Waals surface area contributed by atoms with Gasteiger partial charge in [0, 0.05) is 10.6 Å². The van der Waals surface area contributed by atoms with Crippen molar-refractivity contribution in [3.63, 3.8) is 0 Å². The molecule has 4 aromatic rings. The van der Waals surface area contributed by atoms with E-state index in [0.29, 0.717) is 21.7 Å². The summed E-state index contributed by atoms with van der Waals surface area (Å²) >= 11 is 0. The zero-order valence-corrected chi connectivity index (χ0v) is 20.0. The predicted molar refractivity (Wildman–Crippen MR) is 135 cm³/mol. The van der Waals surface area contributed by atoms with E-state index in [2.05, 4.69) is 0 Å². The highest BCUT2D eigenvalue weighted by Crippen LogP contribution is 2.45. The predicted octanol–water partition coefficient (Wildman–Crippen LogP) is 3.59. The third-order valence-corrected chi connectivity index (χ3v) is 9.32. The van der Waals surface area contributed by atoms with Crippen LogP contribution in [0.4, 0.5) is 0 Å². The summed E-state index contributed by atoms with van der Waals surface area (Å²) in [4.78, 5) is 19.0. The maximum atomic E-state index is 14.7. The van der Waals surface area contributed by atoms with Crippen LogP contribution in [0.5, 0.6) is 11.5 Å². The van der Waals surface area contributed by atoms with Crippen molar-refractivity contribution in [1.29, 1.82) is 0 Å². The molecule has 8 heteroatoms. The smallest absolute Gasteiger partial charge is 0.359 e. The number of para-hydroxylation sites is 2. The first-order valence-corrected chi connectivity index (χ1v) is 13.9. The molecule has 6 nitrogen and oxygen atoms in total. The van der Waals surface area contributed by atoms with Crippen molar-refractivity contribution in [2.45, 2.75) is 0 Å². The minimum atomic E-state index is -4.46. The number of ether oxygens (including phenoxy) is 2. The molecule has 0 bridgehead atoms. The minimum Gasteiger partial charge on any atom is -0.489 e. The molecule has 0 aromatic heterocycles. The Balaban J connectivity index is 1.60. The third kappa shape index (κ3) is 5.16. The molecule has 4 aromatic carbocycles. The lowest BCUT2D eigenvalue weighted by atomic mass is 10.3. The van der Waals surface area contributed by atoms with E-state index >= 15 is 0 Å². The molecule has 0 unspecified atom stereocenters. The van der Waals surface area contributed by atoms with Crippen LogP contribution >= 0.6 is 14.7 Å². The molecule has 0 amide bonds. The maximum absolute atomic E-state index is 14.7.